The van der Waals surface area contributed by atoms with E-state index in [2.05, 4.69) is 15.9 Å². The lowest BCUT2D eigenvalue weighted by molar-refractivity contribution is 0.0697. The molecule has 0 aliphatic rings. The minimum atomic E-state index is -1.31. The molecule has 20 heavy (non-hydrogen) atoms. The van der Waals surface area contributed by atoms with Gasteiger partial charge in [0.2, 0.25) is 0 Å². The number of carboxylic acid groups (broad SMARTS) is 1. The van der Waals surface area contributed by atoms with Crippen LogP contribution in [0, 0.1) is 5.82 Å². The molecule has 0 aliphatic carbocycles. The van der Waals surface area contributed by atoms with Crippen LogP contribution < -0.4 is 0 Å². The fourth-order valence-corrected chi connectivity index (χ4v) is 3.45. The van der Waals surface area contributed by atoms with E-state index in [4.69, 9.17) is 5.11 Å². The normalized spacial score (nSPS) is 12.1. The first-order valence-electron chi connectivity index (χ1n) is 5.63. The van der Waals surface area contributed by atoms with Gasteiger partial charge in [0.05, 0.1) is 22.1 Å². The fraction of sp³-hybridized carbons (Fsp3) is 0.0714. The molecule has 6 heteroatoms. The first-order valence-corrected chi connectivity index (χ1v) is 7.74. The molecule has 2 aromatic carbocycles. The van der Waals surface area contributed by atoms with Crippen molar-refractivity contribution in [2.75, 3.05) is 0 Å². The van der Waals surface area contributed by atoms with Gasteiger partial charge >= 0.3 is 5.97 Å². The Morgan fingerprint density at radius 1 is 1.20 bits per heavy atom. The Bertz CT molecular complexity index is 671. The van der Waals surface area contributed by atoms with Crippen LogP contribution in [0.4, 0.5) is 4.39 Å². The lowest BCUT2D eigenvalue weighted by Gasteiger charge is -2.06. The highest BCUT2D eigenvalue weighted by Crippen LogP contribution is 2.22. The van der Waals surface area contributed by atoms with Gasteiger partial charge in [-0.2, -0.15) is 0 Å². The predicted molar refractivity (Wildman–Crippen MR) is 77.6 cm³/mol. The second-order valence-electron chi connectivity index (χ2n) is 4.06. The maximum absolute atomic E-state index is 12.8. The van der Waals surface area contributed by atoms with Crippen LogP contribution in [-0.2, 0) is 16.6 Å². The van der Waals surface area contributed by atoms with Crippen LogP contribution in [0.2, 0.25) is 0 Å². The molecule has 3 nitrogen and oxygen atoms in total. The maximum atomic E-state index is 12.8. The number of aromatic carboxylic acids is 1. The molecule has 0 radical (unpaired) electrons. The zero-order valence-electron chi connectivity index (χ0n) is 10.2. The Hall–Kier alpha value is -1.53. The Morgan fingerprint density at radius 2 is 1.85 bits per heavy atom. The number of hydrogen-bond acceptors (Lipinski definition) is 2. The van der Waals surface area contributed by atoms with Crippen molar-refractivity contribution in [3.05, 3.63) is 63.9 Å². The van der Waals surface area contributed by atoms with Crippen molar-refractivity contribution in [1.82, 2.24) is 0 Å². The highest BCUT2D eigenvalue weighted by atomic mass is 79.9. The molecule has 2 aromatic rings. The smallest absolute Gasteiger partial charge is 0.335 e. The molecule has 0 bridgehead atoms. The van der Waals surface area contributed by atoms with Crippen LogP contribution in [0.5, 0.6) is 0 Å². The van der Waals surface area contributed by atoms with Gasteiger partial charge in [-0.15, -0.1) is 0 Å². The highest BCUT2D eigenvalue weighted by Gasteiger charge is 2.11. The fourth-order valence-electron chi connectivity index (χ4n) is 1.61. The van der Waals surface area contributed by atoms with Crippen molar-refractivity contribution in [2.45, 2.75) is 10.6 Å². The van der Waals surface area contributed by atoms with Crippen molar-refractivity contribution in [3.63, 3.8) is 0 Å². The van der Waals surface area contributed by atoms with Crippen LogP contribution in [0.25, 0.3) is 0 Å². The number of rotatable bonds is 4. The van der Waals surface area contributed by atoms with Crippen LogP contribution in [0.15, 0.2) is 51.8 Å². The van der Waals surface area contributed by atoms with Crippen molar-refractivity contribution < 1.29 is 18.5 Å². The quantitative estimate of drug-likeness (QED) is 0.910. The van der Waals surface area contributed by atoms with E-state index in [1.165, 1.54) is 36.4 Å². The van der Waals surface area contributed by atoms with Crippen molar-refractivity contribution in [3.8, 4) is 0 Å². The maximum Gasteiger partial charge on any atom is 0.335 e. The summed E-state index contributed by atoms with van der Waals surface area (Å²) in [7, 11) is -1.31. The molecular formula is C14H10BrFO3S. The molecule has 0 heterocycles. The van der Waals surface area contributed by atoms with Crippen molar-refractivity contribution in [2.24, 2.45) is 0 Å². The van der Waals surface area contributed by atoms with Crippen molar-refractivity contribution >= 4 is 32.7 Å². The molecule has 0 aromatic heterocycles. The van der Waals surface area contributed by atoms with E-state index >= 15 is 0 Å². The molecule has 104 valence electrons. The van der Waals surface area contributed by atoms with E-state index in [9.17, 15) is 13.4 Å². The molecule has 1 unspecified atom stereocenters. The standard InChI is InChI=1S/C14H10BrFO3S/c15-13-7-9(14(17)18)1-2-10(13)8-20(19)12-5-3-11(16)4-6-12/h1-7H,8H2,(H,17,18). The van der Waals surface area contributed by atoms with E-state index in [0.29, 0.717) is 9.37 Å². The van der Waals surface area contributed by atoms with Gasteiger partial charge in [-0.05, 0) is 42.0 Å². The largest absolute Gasteiger partial charge is 0.478 e. The summed E-state index contributed by atoms with van der Waals surface area (Å²) >= 11 is 3.27. The average molecular weight is 357 g/mol. The molecular weight excluding hydrogens is 347 g/mol. The Kier molecular flexibility index (Phi) is 4.67. The Labute approximate surface area is 126 Å². The van der Waals surface area contributed by atoms with Crippen molar-refractivity contribution in [1.29, 1.82) is 0 Å². The second-order valence-corrected chi connectivity index (χ2v) is 6.36. The minimum Gasteiger partial charge on any atom is -0.478 e. The van der Waals surface area contributed by atoms with Gasteiger partial charge in [-0.25, -0.2) is 9.18 Å². The summed E-state index contributed by atoms with van der Waals surface area (Å²) in [6, 6.07) is 10.0. The molecule has 1 N–H and O–H groups in total. The van der Waals surface area contributed by atoms with Gasteiger partial charge in [0.1, 0.15) is 5.82 Å². The Morgan fingerprint density at radius 3 is 2.40 bits per heavy atom. The third-order valence-electron chi connectivity index (χ3n) is 2.66. The van der Waals surface area contributed by atoms with E-state index in [0.717, 1.165) is 5.56 Å². The molecule has 0 fully saturated rings. The van der Waals surface area contributed by atoms with Gasteiger partial charge in [0.15, 0.2) is 0 Å². The number of halogens is 2. The lowest BCUT2D eigenvalue weighted by Crippen LogP contribution is -2.00. The topological polar surface area (TPSA) is 54.4 Å². The molecule has 0 amide bonds. The molecule has 2 rings (SSSR count). The summed E-state index contributed by atoms with van der Waals surface area (Å²) in [6.07, 6.45) is 0. The number of benzene rings is 2. The van der Waals surface area contributed by atoms with Gasteiger partial charge in [-0.3, -0.25) is 4.21 Å². The first-order chi connectivity index (χ1) is 9.47. The van der Waals surface area contributed by atoms with E-state index in [1.54, 1.807) is 6.07 Å². The summed E-state index contributed by atoms with van der Waals surface area (Å²) in [5.74, 6) is -1.17. The SMILES string of the molecule is O=C(O)c1ccc(CS(=O)c2ccc(F)cc2)c(Br)c1. The van der Waals surface area contributed by atoms with Gasteiger partial charge in [0.25, 0.3) is 0 Å². The summed E-state index contributed by atoms with van der Waals surface area (Å²) in [5.41, 5.74) is 0.894. The van der Waals surface area contributed by atoms with E-state index in [1.807, 2.05) is 0 Å². The van der Waals surface area contributed by atoms with Gasteiger partial charge in [-0.1, -0.05) is 22.0 Å². The zero-order valence-corrected chi connectivity index (χ0v) is 12.6. The molecule has 0 saturated heterocycles. The Balaban J connectivity index is 2.19. The highest BCUT2D eigenvalue weighted by molar-refractivity contribution is 9.10. The molecule has 0 saturated carbocycles. The number of carboxylic acids is 1. The third kappa shape index (κ3) is 3.52. The third-order valence-corrected chi connectivity index (χ3v) is 4.77. The minimum absolute atomic E-state index is 0.160. The zero-order chi connectivity index (χ0) is 14.7. The van der Waals surface area contributed by atoms with Gasteiger partial charge < -0.3 is 5.11 Å². The van der Waals surface area contributed by atoms with Crippen LogP contribution in [0.1, 0.15) is 15.9 Å². The van der Waals surface area contributed by atoms with E-state index in [-0.39, 0.29) is 17.1 Å². The number of hydrogen-bond donors (Lipinski definition) is 1. The van der Waals surface area contributed by atoms with E-state index < -0.39 is 16.8 Å². The summed E-state index contributed by atoms with van der Waals surface area (Å²) in [4.78, 5) is 11.4. The molecule has 0 aliphatic heterocycles. The summed E-state index contributed by atoms with van der Waals surface area (Å²) < 4.78 is 25.5. The molecule has 0 spiro atoms. The monoisotopic (exact) mass is 356 g/mol. The predicted octanol–water partition coefficient (Wildman–Crippen LogP) is 3.59. The van der Waals surface area contributed by atoms with Crippen LogP contribution in [-0.4, -0.2) is 15.3 Å². The van der Waals surface area contributed by atoms with Gasteiger partial charge in [0, 0.05) is 9.37 Å². The van der Waals surface area contributed by atoms with Crippen LogP contribution in [0.3, 0.4) is 0 Å². The summed E-state index contributed by atoms with van der Waals surface area (Å²) in [6.45, 7) is 0. The second kappa shape index (κ2) is 6.28. The average Bonchev–Trinajstić information content (AvgIpc) is 2.41. The number of carbonyl (C=O) groups is 1. The molecule has 1 atom stereocenters. The lowest BCUT2D eigenvalue weighted by atomic mass is 10.1. The summed E-state index contributed by atoms with van der Waals surface area (Å²) in [5, 5.41) is 8.87. The first kappa shape index (κ1) is 14.9. The van der Waals surface area contributed by atoms with Crippen LogP contribution >= 0.6 is 15.9 Å².